The molecule has 0 radical (unpaired) electrons. The molecule has 1 atom stereocenters. The molecule has 0 spiro atoms. The first-order valence-electron chi connectivity index (χ1n) is 8.20. The molecule has 1 N–H and O–H groups in total. The lowest BCUT2D eigenvalue weighted by atomic mass is 9.69. The van der Waals surface area contributed by atoms with Crippen molar-refractivity contribution in [2.45, 2.75) is 24.8 Å². The van der Waals surface area contributed by atoms with Gasteiger partial charge in [0.15, 0.2) is 0 Å². The summed E-state index contributed by atoms with van der Waals surface area (Å²) in [4.78, 5) is 13.1. The highest BCUT2D eigenvalue weighted by Crippen LogP contribution is 2.38. The molecule has 4 nitrogen and oxygen atoms in total. The van der Waals surface area contributed by atoms with E-state index in [9.17, 15) is 10.0 Å². The van der Waals surface area contributed by atoms with Crippen LogP contribution in [0.15, 0.2) is 60.7 Å². The summed E-state index contributed by atoms with van der Waals surface area (Å²) in [5.74, 6) is -0.0970. The second-order valence-corrected chi connectivity index (χ2v) is 6.70. The van der Waals surface area contributed by atoms with Gasteiger partial charge >= 0.3 is 0 Å². The first kappa shape index (κ1) is 18.2. The average Bonchev–Trinajstić information content (AvgIpc) is 2.59. The number of hydrogen-bond acceptors (Lipinski definition) is 2. The molecule has 0 fully saturated rings. The highest BCUT2D eigenvalue weighted by Gasteiger charge is 2.44. The van der Waals surface area contributed by atoms with Crippen molar-refractivity contribution in [2.75, 3.05) is 21.1 Å². The molecular weight excluding hydrogens is 300 g/mol. The Kier molecular flexibility index (Phi) is 5.42. The maximum absolute atomic E-state index is 13.1. The number of carbonyl (C=O) groups is 1. The van der Waals surface area contributed by atoms with Crippen LogP contribution in [0.5, 0.6) is 0 Å². The number of nitrogens with one attached hydrogen (secondary N) is 1. The Morgan fingerprint density at radius 2 is 1.46 bits per heavy atom. The molecule has 2 aromatic carbocycles. The molecule has 0 aliphatic heterocycles. The van der Waals surface area contributed by atoms with Crippen LogP contribution in [0, 0.1) is 5.21 Å². The number of quaternary nitrogens is 1. The minimum absolute atomic E-state index is 0.0970. The fourth-order valence-corrected chi connectivity index (χ4v) is 3.08. The first-order chi connectivity index (χ1) is 11.3. The standard InChI is InChI=1S/C20H26N2O2/c1-16(22(3,4)24)15-20(19(23)21-2,17-11-7-5-8-12-17)18-13-9-6-10-14-18/h5-14,16H,15H2,1-4H3,(H,21,23)/t16-/m0/s1. The smallest absolute Gasteiger partial charge is 0.235 e. The second-order valence-electron chi connectivity index (χ2n) is 6.70. The van der Waals surface area contributed by atoms with Gasteiger partial charge in [0.05, 0.1) is 20.1 Å². The zero-order valence-corrected chi connectivity index (χ0v) is 14.8. The van der Waals surface area contributed by atoms with E-state index in [4.69, 9.17) is 0 Å². The summed E-state index contributed by atoms with van der Waals surface area (Å²) in [7, 11) is 4.88. The van der Waals surface area contributed by atoms with Gasteiger partial charge in [-0.1, -0.05) is 60.7 Å². The van der Waals surface area contributed by atoms with E-state index in [-0.39, 0.29) is 11.9 Å². The van der Waals surface area contributed by atoms with Gasteiger partial charge in [0.2, 0.25) is 5.91 Å². The van der Waals surface area contributed by atoms with Crippen molar-refractivity contribution in [3.8, 4) is 0 Å². The van der Waals surface area contributed by atoms with E-state index in [2.05, 4.69) is 5.32 Å². The zero-order valence-electron chi connectivity index (χ0n) is 14.8. The molecule has 0 saturated carbocycles. The molecule has 24 heavy (non-hydrogen) atoms. The lowest BCUT2D eigenvalue weighted by molar-refractivity contribution is -0.865. The van der Waals surface area contributed by atoms with E-state index in [1.54, 1.807) is 21.1 Å². The maximum Gasteiger partial charge on any atom is 0.235 e. The Balaban J connectivity index is 2.68. The molecule has 0 aromatic heterocycles. The Morgan fingerprint density at radius 3 is 1.79 bits per heavy atom. The molecule has 0 aliphatic rings. The van der Waals surface area contributed by atoms with Crippen LogP contribution in [-0.4, -0.2) is 37.7 Å². The van der Waals surface area contributed by atoms with E-state index in [0.29, 0.717) is 6.42 Å². The molecule has 4 heteroatoms. The third kappa shape index (κ3) is 3.50. The number of likely N-dealkylation sites (N-methyl/N-ethyl adjacent to an activating group) is 1. The van der Waals surface area contributed by atoms with Crippen LogP contribution in [-0.2, 0) is 10.2 Å². The number of rotatable bonds is 6. The molecule has 0 bridgehead atoms. The topological polar surface area (TPSA) is 52.2 Å². The van der Waals surface area contributed by atoms with Crippen LogP contribution in [0.1, 0.15) is 24.5 Å². The number of benzene rings is 2. The first-order valence-corrected chi connectivity index (χ1v) is 8.20. The van der Waals surface area contributed by atoms with Crippen LogP contribution in [0.3, 0.4) is 0 Å². The van der Waals surface area contributed by atoms with Crippen molar-refractivity contribution in [1.29, 1.82) is 0 Å². The van der Waals surface area contributed by atoms with E-state index in [1.165, 1.54) is 0 Å². The van der Waals surface area contributed by atoms with Crippen molar-refractivity contribution < 1.29 is 9.44 Å². The molecule has 2 aromatic rings. The maximum atomic E-state index is 13.1. The molecule has 0 saturated heterocycles. The van der Waals surface area contributed by atoms with Gasteiger partial charge in [-0.2, -0.15) is 0 Å². The number of hydrogen-bond donors (Lipinski definition) is 1. The summed E-state index contributed by atoms with van der Waals surface area (Å²) in [6.07, 6.45) is 0.428. The average molecular weight is 326 g/mol. The monoisotopic (exact) mass is 326 g/mol. The van der Waals surface area contributed by atoms with Crippen molar-refractivity contribution in [3.63, 3.8) is 0 Å². The van der Waals surface area contributed by atoms with Crippen LogP contribution in [0.25, 0.3) is 0 Å². The summed E-state index contributed by atoms with van der Waals surface area (Å²) in [5, 5.41) is 15.3. The number of hydroxylamine groups is 3. The zero-order chi connectivity index (χ0) is 17.8. The SMILES string of the molecule is CNC(=O)C(C[C@H](C)[N+](C)(C)[O-])(c1ccccc1)c1ccccc1. The second kappa shape index (κ2) is 7.16. The molecule has 0 unspecified atom stereocenters. The Hall–Kier alpha value is -2.17. The Morgan fingerprint density at radius 1 is 1.04 bits per heavy atom. The van der Waals surface area contributed by atoms with Gasteiger partial charge in [-0.25, -0.2) is 0 Å². The fraction of sp³-hybridized carbons (Fsp3) is 0.350. The molecule has 0 aliphatic carbocycles. The van der Waals surface area contributed by atoms with Crippen LogP contribution in [0.2, 0.25) is 0 Å². The van der Waals surface area contributed by atoms with Crippen molar-refractivity contribution in [3.05, 3.63) is 77.0 Å². The number of nitrogens with zero attached hydrogens (tertiary/aromatic N) is 1. The lowest BCUT2D eigenvalue weighted by Crippen LogP contribution is -2.51. The van der Waals surface area contributed by atoms with Gasteiger partial charge in [-0.05, 0) is 18.1 Å². The van der Waals surface area contributed by atoms with Gasteiger partial charge in [-0.15, -0.1) is 0 Å². The van der Waals surface area contributed by atoms with Gasteiger partial charge in [0, 0.05) is 13.5 Å². The van der Waals surface area contributed by atoms with E-state index in [0.717, 1.165) is 11.1 Å². The van der Waals surface area contributed by atoms with Crippen molar-refractivity contribution in [2.24, 2.45) is 0 Å². The normalized spacial score (nSPS) is 13.4. The van der Waals surface area contributed by atoms with Crippen molar-refractivity contribution in [1.82, 2.24) is 5.32 Å². The predicted octanol–water partition coefficient (Wildman–Crippen LogP) is 3.07. The minimum atomic E-state index is -0.892. The Labute approximate surface area is 144 Å². The minimum Gasteiger partial charge on any atom is -0.633 e. The Bertz CT molecular complexity index is 624. The molecular formula is C20H26N2O2. The number of amides is 1. The summed E-state index contributed by atoms with van der Waals surface area (Å²) < 4.78 is -0.446. The summed E-state index contributed by atoms with van der Waals surface area (Å²) in [5.41, 5.74) is 0.906. The third-order valence-corrected chi connectivity index (χ3v) is 4.81. The van der Waals surface area contributed by atoms with E-state index >= 15 is 0 Å². The fourth-order valence-electron chi connectivity index (χ4n) is 3.08. The van der Waals surface area contributed by atoms with Gasteiger partial charge < -0.3 is 15.2 Å². The predicted molar refractivity (Wildman–Crippen MR) is 97.3 cm³/mol. The molecule has 0 heterocycles. The van der Waals surface area contributed by atoms with E-state index < -0.39 is 10.1 Å². The molecule has 128 valence electrons. The van der Waals surface area contributed by atoms with Crippen LogP contribution in [0.4, 0.5) is 0 Å². The van der Waals surface area contributed by atoms with Gasteiger partial charge in [0.25, 0.3) is 0 Å². The highest BCUT2D eigenvalue weighted by atomic mass is 16.5. The highest BCUT2D eigenvalue weighted by molar-refractivity contribution is 5.92. The quantitative estimate of drug-likeness (QED) is 0.655. The van der Waals surface area contributed by atoms with Gasteiger partial charge in [-0.3, -0.25) is 4.79 Å². The largest absolute Gasteiger partial charge is 0.633 e. The third-order valence-electron chi connectivity index (χ3n) is 4.81. The van der Waals surface area contributed by atoms with Crippen molar-refractivity contribution >= 4 is 5.91 Å². The molecule has 1 amide bonds. The van der Waals surface area contributed by atoms with Crippen LogP contribution < -0.4 is 5.32 Å². The lowest BCUT2D eigenvalue weighted by Gasteiger charge is -2.44. The summed E-state index contributed by atoms with van der Waals surface area (Å²) in [6.45, 7) is 1.90. The van der Waals surface area contributed by atoms with E-state index in [1.807, 2.05) is 67.6 Å². The van der Waals surface area contributed by atoms with Crippen LogP contribution >= 0.6 is 0 Å². The summed E-state index contributed by atoms with van der Waals surface area (Å²) in [6, 6.07) is 19.2. The number of carbonyl (C=O) groups excluding carboxylic acids is 1. The summed E-state index contributed by atoms with van der Waals surface area (Å²) >= 11 is 0. The van der Waals surface area contributed by atoms with Gasteiger partial charge in [0.1, 0.15) is 5.41 Å². The molecule has 2 rings (SSSR count).